The zero-order valence-corrected chi connectivity index (χ0v) is 14.1. The van der Waals surface area contributed by atoms with Crippen molar-refractivity contribution in [1.82, 2.24) is 5.32 Å². The van der Waals surface area contributed by atoms with Gasteiger partial charge in [-0.05, 0) is 44.9 Å². The van der Waals surface area contributed by atoms with Crippen LogP contribution >= 0.6 is 0 Å². The molecule has 0 saturated heterocycles. The summed E-state index contributed by atoms with van der Waals surface area (Å²) >= 11 is 0. The van der Waals surface area contributed by atoms with Crippen LogP contribution in [-0.2, 0) is 9.53 Å². The van der Waals surface area contributed by atoms with Crippen LogP contribution in [0.4, 0.5) is 10.5 Å². The average molecular weight is 317 g/mol. The highest BCUT2D eigenvalue weighted by Crippen LogP contribution is 2.13. The van der Waals surface area contributed by atoms with Crippen LogP contribution in [0.1, 0.15) is 40.2 Å². The zero-order chi connectivity index (χ0) is 17.6. The van der Waals surface area contributed by atoms with Crippen molar-refractivity contribution < 1.29 is 14.3 Å². The summed E-state index contributed by atoms with van der Waals surface area (Å²) in [6.07, 6.45) is -0.642. The molecule has 0 aliphatic heterocycles. The molecule has 124 valence electrons. The van der Waals surface area contributed by atoms with E-state index in [1.807, 2.05) is 19.9 Å². The Hall–Kier alpha value is -2.55. The van der Waals surface area contributed by atoms with Crippen LogP contribution in [0.2, 0.25) is 0 Å². The van der Waals surface area contributed by atoms with Gasteiger partial charge in [0.25, 0.3) is 0 Å². The fourth-order valence-corrected chi connectivity index (χ4v) is 1.86. The number of hydrogen-bond donors (Lipinski definition) is 2. The average Bonchev–Trinajstić information content (AvgIpc) is 2.42. The maximum absolute atomic E-state index is 12.4. The van der Waals surface area contributed by atoms with Gasteiger partial charge in [-0.2, -0.15) is 5.26 Å². The second-order valence-corrected chi connectivity index (χ2v) is 6.55. The van der Waals surface area contributed by atoms with Gasteiger partial charge in [0.1, 0.15) is 11.6 Å². The van der Waals surface area contributed by atoms with Gasteiger partial charge in [0.2, 0.25) is 5.91 Å². The number of carbonyl (C=O) groups is 2. The largest absolute Gasteiger partial charge is 0.444 e. The summed E-state index contributed by atoms with van der Waals surface area (Å²) < 4.78 is 5.18. The van der Waals surface area contributed by atoms with Gasteiger partial charge in [-0.25, -0.2) is 4.79 Å². The second kappa shape index (κ2) is 7.63. The summed E-state index contributed by atoms with van der Waals surface area (Å²) in [5.41, 5.74) is 0.318. The summed E-state index contributed by atoms with van der Waals surface area (Å²) in [5.74, 6) is -0.484. The smallest absolute Gasteiger partial charge is 0.408 e. The number of rotatable bonds is 4. The van der Waals surface area contributed by atoms with Crippen molar-refractivity contribution in [3.8, 4) is 6.07 Å². The fourth-order valence-electron chi connectivity index (χ4n) is 1.86. The molecule has 23 heavy (non-hydrogen) atoms. The molecule has 1 aromatic rings. The summed E-state index contributed by atoms with van der Waals surface area (Å²) in [7, 11) is 0. The molecule has 0 heterocycles. The number of hydrogen-bond acceptors (Lipinski definition) is 4. The SMILES string of the molecule is CC(C)[C@H](NC(=O)OC(C)(C)C)C(=O)Nc1cccc(C#N)c1. The fraction of sp³-hybridized carbons (Fsp3) is 0.471. The van der Waals surface area contributed by atoms with E-state index in [0.717, 1.165) is 0 Å². The van der Waals surface area contributed by atoms with Crippen LogP contribution in [0, 0.1) is 17.2 Å². The minimum Gasteiger partial charge on any atom is -0.444 e. The van der Waals surface area contributed by atoms with Crippen molar-refractivity contribution in [2.75, 3.05) is 5.32 Å². The van der Waals surface area contributed by atoms with Crippen LogP contribution in [-0.4, -0.2) is 23.6 Å². The van der Waals surface area contributed by atoms with E-state index in [-0.39, 0.29) is 11.8 Å². The number of anilines is 1. The molecular formula is C17H23N3O3. The van der Waals surface area contributed by atoms with E-state index in [9.17, 15) is 9.59 Å². The van der Waals surface area contributed by atoms with Crippen LogP contribution in [0.3, 0.4) is 0 Å². The maximum Gasteiger partial charge on any atom is 0.408 e. The van der Waals surface area contributed by atoms with Crippen molar-refractivity contribution in [2.24, 2.45) is 5.92 Å². The number of amides is 2. The third-order valence-electron chi connectivity index (χ3n) is 2.88. The summed E-state index contributed by atoms with van der Waals surface area (Å²) in [6.45, 7) is 8.92. The van der Waals surface area contributed by atoms with Crippen molar-refractivity contribution >= 4 is 17.7 Å². The number of alkyl carbamates (subject to hydrolysis) is 1. The number of nitrogens with one attached hydrogen (secondary N) is 2. The Labute approximate surface area is 136 Å². The van der Waals surface area contributed by atoms with E-state index in [1.165, 1.54) is 0 Å². The molecule has 6 heteroatoms. The number of ether oxygens (including phenoxy) is 1. The first kappa shape index (κ1) is 18.5. The lowest BCUT2D eigenvalue weighted by molar-refractivity contribution is -0.119. The molecule has 6 nitrogen and oxygen atoms in total. The van der Waals surface area contributed by atoms with Gasteiger partial charge in [-0.1, -0.05) is 19.9 Å². The van der Waals surface area contributed by atoms with Gasteiger partial charge < -0.3 is 15.4 Å². The Morgan fingerprint density at radius 1 is 1.26 bits per heavy atom. The van der Waals surface area contributed by atoms with Gasteiger partial charge in [0.05, 0.1) is 11.6 Å². The summed E-state index contributed by atoms with van der Waals surface area (Å²) in [5, 5.41) is 14.2. The highest BCUT2D eigenvalue weighted by Gasteiger charge is 2.27. The zero-order valence-electron chi connectivity index (χ0n) is 14.1. The van der Waals surface area contributed by atoms with Crippen LogP contribution in [0.25, 0.3) is 0 Å². The Bertz CT molecular complexity index is 612. The Kier molecular flexibility index (Phi) is 6.14. The third-order valence-corrected chi connectivity index (χ3v) is 2.88. The van der Waals surface area contributed by atoms with E-state index < -0.39 is 17.7 Å². The van der Waals surface area contributed by atoms with E-state index in [2.05, 4.69) is 10.6 Å². The highest BCUT2D eigenvalue weighted by atomic mass is 16.6. The first-order chi connectivity index (χ1) is 10.6. The topological polar surface area (TPSA) is 91.2 Å². The number of nitriles is 1. The number of benzene rings is 1. The van der Waals surface area contributed by atoms with Crippen LogP contribution in [0.5, 0.6) is 0 Å². The first-order valence-corrected chi connectivity index (χ1v) is 7.43. The molecule has 0 aliphatic carbocycles. The predicted molar refractivity (Wildman–Crippen MR) is 87.8 cm³/mol. The monoisotopic (exact) mass is 317 g/mol. The van der Waals surface area contributed by atoms with Gasteiger partial charge in [0.15, 0.2) is 0 Å². The molecule has 1 aromatic carbocycles. The van der Waals surface area contributed by atoms with E-state index >= 15 is 0 Å². The number of nitrogens with zero attached hydrogens (tertiary/aromatic N) is 1. The number of carbonyl (C=O) groups excluding carboxylic acids is 2. The quantitative estimate of drug-likeness (QED) is 0.893. The molecule has 0 fully saturated rings. The van der Waals surface area contributed by atoms with E-state index in [0.29, 0.717) is 11.3 Å². The molecule has 0 aliphatic rings. The van der Waals surface area contributed by atoms with Crippen molar-refractivity contribution in [2.45, 2.75) is 46.3 Å². The molecule has 0 radical (unpaired) electrons. The van der Waals surface area contributed by atoms with Crippen molar-refractivity contribution in [1.29, 1.82) is 5.26 Å². The minimum absolute atomic E-state index is 0.123. The summed E-state index contributed by atoms with van der Waals surface area (Å²) in [4.78, 5) is 24.3. The van der Waals surface area contributed by atoms with Gasteiger partial charge >= 0.3 is 6.09 Å². The van der Waals surface area contributed by atoms with E-state index in [1.54, 1.807) is 45.0 Å². The lowest BCUT2D eigenvalue weighted by atomic mass is 10.0. The minimum atomic E-state index is -0.740. The molecule has 0 unspecified atom stereocenters. The summed E-state index contributed by atoms with van der Waals surface area (Å²) in [6, 6.07) is 7.85. The van der Waals surface area contributed by atoms with Gasteiger partial charge in [-0.15, -0.1) is 0 Å². The normalized spacial score (nSPS) is 12.2. The molecule has 0 spiro atoms. The Morgan fingerprint density at radius 2 is 1.91 bits per heavy atom. The molecule has 0 saturated carbocycles. The van der Waals surface area contributed by atoms with Crippen LogP contribution < -0.4 is 10.6 Å². The second-order valence-electron chi connectivity index (χ2n) is 6.55. The van der Waals surface area contributed by atoms with Crippen molar-refractivity contribution in [3.05, 3.63) is 29.8 Å². The van der Waals surface area contributed by atoms with Crippen LogP contribution in [0.15, 0.2) is 24.3 Å². The lowest BCUT2D eigenvalue weighted by Gasteiger charge is -2.25. The Morgan fingerprint density at radius 3 is 2.43 bits per heavy atom. The van der Waals surface area contributed by atoms with E-state index in [4.69, 9.17) is 10.00 Å². The van der Waals surface area contributed by atoms with Gasteiger partial charge in [-0.3, -0.25) is 4.79 Å². The highest BCUT2D eigenvalue weighted by molar-refractivity contribution is 5.96. The molecule has 1 atom stereocenters. The third kappa shape index (κ3) is 6.39. The maximum atomic E-state index is 12.4. The lowest BCUT2D eigenvalue weighted by Crippen LogP contribution is -2.48. The Balaban J connectivity index is 2.79. The predicted octanol–water partition coefficient (Wildman–Crippen LogP) is 3.05. The molecule has 0 bridgehead atoms. The molecule has 0 aromatic heterocycles. The first-order valence-electron chi connectivity index (χ1n) is 7.43. The standard InChI is InChI=1S/C17H23N3O3/c1-11(2)14(20-16(22)23-17(3,4)5)15(21)19-13-8-6-7-12(9-13)10-18/h6-9,11,14H,1-5H3,(H,19,21)(H,20,22)/t14-/m0/s1. The molecule has 2 amide bonds. The molecule has 2 N–H and O–H groups in total. The molecular weight excluding hydrogens is 294 g/mol. The van der Waals surface area contributed by atoms with Gasteiger partial charge in [0, 0.05) is 5.69 Å². The molecule has 1 rings (SSSR count). The van der Waals surface area contributed by atoms with Crippen molar-refractivity contribution in [3.63, 3.8) is 0 Å².